The number of fused-ring (bicyclic) bond motifs is 1. The van der Waals surface area contributed by atoms with Gasteiger partial charge >= 0.3 is 0 Å². The van der Waals surface area contributed by atoms with Gasteiger partial charge in [0.05, 0.1) is 12.0 Å². The molecule has 0 unspecified atom stereocenters. The number of para-hydroxylation sites is 2. The first-order valence-corrected chi connectivity index (χ1v) is 8.37. The standard InChI is InChI=1S/C21H20N2O/c1-2-10-19-17(7-1)8-5-9-18(19)15-24-21-12-4-3-11-20(21)23-14-6-13-22-16-23/h1-5,7-12,16H,6,13-15H2. The molecule has 0 atom stereocenters. The number of aliphatic imine (C=N–C) groups is 1. The topological polar surface area (TPSA) is 24.8 Å². The van der Waals surface area contributed by atoms with E-state index < -0.39 is 0 Å². The van der Waals surface area contributed by atoms with Gasteiger partial charge in [-0.3, -0.25) is 4.99 Å². The summed E-state index contributed by atoms with van der Waals surface area (Å²) in [5.41, 5.74) is 2.29. The van der Waals surface area contributed by atoms with Crippen molar-refractivity contribution in [3.63, 3.8) is 0 Å². The summed E-state index contributed by atoms with van der Waals surface area (Å²) in [6.07, 6.45) is 3.00. The highest BCUT2D eigenvalue weighted by atomic mass is 16.5. The predicted molar refractivity (Wildman–Crippen MR) is 100 cm³/mol. The van der Waals surface area contributed by atoms with E-state index in [1.165, 1.54) is 16.3 Å². The summed E-state index contributed by atoms with van der Waals surface area (Å²) in [7, 11) is 0. The van der Waals surface area contributed by atoms with E-state index in [0.717, 1.165) is 30.9 Å². The molecule has 3 nitrogen and oxygen atoms in total. The molecular formula is C21H20N2O. The lowest BCUT2D eigenvalue weighted by Crippen LogP contribution is -2.27. The molecule has 0 aromatic heterocycles. The van der Waals surface area contributed by atoms with E-state index in [4.69, 9.17) is 4.74 Å². The maximum atomic E-state index is 6.18. The molecule has 0 spiro atoms. The Labute approximate surface area is 142 Å². The van der Waals surface area contributed by atoms with E-state index >= 15 is 0 Å². The minimum absolute atomic E-state index is 0.559. The number of anilines is 1. The van der Waals surface area contributed by atoms with Crippen molar-refractivity contribution in [1.82, 2.24) is 0 Å². The van der Waals surface area contributed by atoms with Gasteiger partial charge in [-0.2, -0.15) is 0 Å². The fraction of sp³-hybridized carbons (Fsp3) is 0.190. The number of benzene rings is 3. The van der Waals surface area contributed by atoms with Crippen LogP contribution in [0.4, 0.5) is 5.69 Å². The van der Waals surface area contributed by atoms with Crippen molar-refractivity contribution in [2.24, 2.45) is 4.99 Å². The van der Waals surface area contributed by atoms with Crippen LogP contribution in [0.3, 0.4) is 0 Å². The fourth-order valence-electron chi connectivity index (χ4n) is 3.12. The highest BCUT2D eigenvalue weighted by molar-refractivity contribution is 5.85. The molecule has 24 heavy (non-hydrogen) atoms. The van der Waals surface area contributed by atoms with Gasteiger partial charge in [0.25, 0.3) is 0 Å². The average molecular weight is 316 g/mol. The molecule has 0 bridgehead atoms. The molecule has 3 aromatic rings. The molecule has 0 radical (unpaired) electrons. The maximum Gasteiger partial charge on any atom is 0.143 e. The van der Waals surface area contributed by atoms with Crippen molar-refractivity contribution in [3.05, 3.63) is 72.3 Å². The summed E-state index contributed by atoms with van der Waals surface area (Å²) >= 11 is 0. The number of hydrogen-bond donors (Lipinski definition) is 0. The fourth-order valence-corrected chi connectivity index (χ4v) is 3.12. The van der Waals surface area contributed by atoms with Crippen LogP contribution in [-0.2, 0) is 6.61 Å². The number of rotatable bonds is 4. The van der Waals surface area contributed by atoms with Gasteiger partial charge in [-0.05, 0) is 34.9 Å². The predicted octanol–water partition coefficient (Wildman–Crippen LogP) is 4.66. The Morgan fingerprint density at radius 2 is 1.75 bits per heavy atom. The monoisotopic (exact) mass is 316 g/mol. The second kappa shape index (κ2) is 6.75. The molecule has 0 aliphatic carbocycles. The zero-order valence-corrected chi connectivity index (χ0v) is 13.6. The number of ether oxygens (including phenoxy) is 1. The molecule has 0 amide bonds. The molecule has 0 N–H and O–H groups in total. The maximum absolute atomic E-state index is 6.18. The van der Waals surface area contributed by atoms with Crippen molar-refractivity contribution in [2.45, 2.75) is 13.0 Å². The van der Waals surface area contributed by atoms with Gasteiger partial charge in [0.2, 0.25) is 0 Å². The van der Waals surface area contributed by atoms with Crippen LogP contribution in [0.5, 0.6) is 5.75 Å². The van der Waals surface area contributed by atoms with Gasteiger partial charge in [-0.1, -0.05) is 54.6 Å². The molecule has 120 valence electrons. The Hall–Kier alpha value is -2.81. The lowest BCUT2D eigenvalue weighted by Gasteiger charge is -2.24. The van der Waals surface area contributed by atoms with Gasteiger partial charge in [0, 0.05) is 13.1 Å². The SMILES string of the molecule is C1=NCCCN1c1ccccc1OCc1cccc2ccccc12. The average Bonchev–Trinajstić information content (AvgIpc) is 2.67. The van der Waals surface area contributed by atoms with E-state index in [1.807, 2.05) is 24.5 Å². The van der Waals surface area contributed by atoms with Gasteiger partial charge < -0.3 is 9.64 Å². The van der Waals surface area contributed by atoms with E-state index in [0.29, 0.717) is 6.61 Å². The van der Waals surface area contributed by atoms with E-state index in [2.05, 4.69) is 58.4 Å². The highest BCUT2D eigenvalue weighted by Crippen LogP contribution is 2.29. The van der Waals surface area contributed by atoms with Crippen LogP contribution in [0.15, 0.2) is 71.7 Å². The largest absolute Gasteiger partial charge is 0.487 e. The van der Waals surface area contributed by atoms with E-state index in [9.17, 15) is 0 Å². The van der Waals surface area contributed by atoms with Crippen molar-refractivity contribution < 1.29 is 4.74 Å². The summed E-state index contributed by atoms with van der Waals surface area (Å²) in [5.74, 6) is 0.902. The number of hydrogen-bond acceptors (Lipinski definition) is 3. The molecule has 3 aromatic carbocycles. The highest BCUT2D eigenvalue weighted by Gasteiger charge is 2.12. The second-order valence-electron chi connectivity index (χ2n) is 5.96. The quantitative estimate of drug-likeness (QED) is 0.699. The number of nitrogens with zero attached hydrogens (tertiary/aromatic N) is 2. The first-order chi connectivity index (χ1) is 11.9. The Kier molecular flexibility index (Phi) is 4.15. The van der Waals surface area contributed by atoms with Gasteiger partial charge in [-0.15, -0.1) is 0 Å². The van der Waals surface area contributed by atoms with Crippen LogP contribution in [-0.4, -0.2) is 19.4 Å². The van der Waals surface area contributed by atoms with Crippen LogP contribution in [0, 0.1) is 0 Å². The van der Waals surface area contributed by atoms with Gasteiger partial charge in [0.1, 0.15) is 12.4 Å². The summed E-state index contributed by atoms with van der Waals surface area (Å²) in [5, 5.41) is 2.49. The third kappa shape index (κ3) is 2.98. The van der Waals surface area contributed by atoms with Crippen molar-refractivity contribution >= 4 is 22.8 Å². The molecule has 4 rings (SSSR count). The summed E-state index contributed by atoms with van der Waals surface area (Å²) in [6, 6.07) is 23.0. The van der Waals surface area contributed by atoms with Crippen LogP contribution >= 0.6 is 0 Å². The molecule has 1 aliphatic rings. The smallest absolute Gasteiger partial charge is 0.143 e. The summed E-state index contributed by atoms with van der Waals surface area (Å²) in [6.45, 7) is 2.46. The second-order valence-corrected chi connectivity index (χ2v) is 5.96. The summed E-state index contributed by atoms with van der Waals surface area (Å²) < 4.78 is 6.18. The molecule has 0 saturated heterocycles. The Morgan fingerprint density at radius 3 is 2.67 bits per heavy atom. The van der Waals surface area contributed by atoms with Crippen LogP contribution < -0.4 is 9.64 Å². The minimum atomic E-state index is 0.559. The normalized spacial score (nSPS) is 14.1. The van der Waals surface area contributed by atoms with E-state index in [1.54, 1.807) is 0 Å². The lowest BCUT2D eigenvalue weighted by molar-refractivity contribution is 0.308. The first-order valence-electron chi connectivity index (χ1n) is 8.37. The molecule has 3 heteroatoms. The van der Waals surface area contributed by atoms with Crippen LogP contribution in [0.25, 0.3) is 10.8 Å². The zero-order chi connectivity index (χ0) is 16.2. The minimum Gasteiger partial charge on any atom is -0.487 e. The Morgan fingerprint density at radius 1 is 0.917 bits per heavy atom. The first kappa shape index (κ1) is 14.8. The zero-order valence-electron chi connectivity index (χ0n) is 13.6. The van der Waals surface area contributed by atoms with Crippen LogP contribution in [0.2, 0.25) is 0 Å². The third-order valence-electron chi connectivity index (χ3n) is 4.35. The van der Waals surface area contributed by atoms with Gasteiger partial charge in [-0.25, -0.2) is 0 Å². The van der Waals surface area contributed by atoms with Crippen molar-refractivity contribution in [2.75, 3.05) is 18.0 Å². The molecule has 0 fully saturated rings. The van der Waals surface area contributed by atoms with Crippen molar-refractivity contribution in [1.29, 1.82) is 0 Å². The third-order valence-corrected chi connectivity index (χ3v) is 4.35. The molecular weight excluding hydrogens is 296 g/mol. The van der Waals surface area contributed by atoms with Crippen molar-refractivity contribution in [3.8, 4) is 5.75 Å². The van der Waals surface area contributed by atoms with Crippen LogP contribution in [0.1, 0.15) is 12.0 Å². The lowest BCUT2D eigenvalue weighted by atomic mass is 10.1. The van der Waals surface area contributed by atoms with Gasteiger partial charge in [0.15, 0.2) is 0 Å². The summed E-state index contributed by atoms with van der Waals surface area (Å²) in [4.78, 5) is 6.55. The molecule has 0 saturated carbocycles. The molecule has 1 heterocycles. The van der Waals surface area contributed by atoms with E-state index in [-0.39, 0.29) is 0 Å². The Balaban J connectivity index is 1.60. The Bertz CT molecular complexity index is 867. The molecule has 1 aliphatic heterocycles.